The molecule has 2 aromatic heterocycles. The number of fused-ring (bicyclic) bond motifs is 1. The first-order valence-electron chi connectivity index (χ1n) is 8.19. The van der Waals surface area contributed by atoms with Gasteiger partial charge in [-0.05, 0) is 31.2 Å². The number of nitrogens with zero attached hydrogens (tertiary/aromatic N) is 2. The molecule has 2 aromatic rings. The third-order valence-electron chi connectivity index (χ3n) is 4.73. The van der Waals surface area contributed by atoms with Crippen molar-refractivity contribution in [3.8, 4) is 0 Å². The van der Waals surface area contributed by atoms with Crippen molar-refractivity contribution in [2.24, 2.45) is 5.92 Å². The summed E-state index contributed by atoms with van der Waals surface area (Å²) in [6, 6.07) is 9.34. The molecular weight excluding hydrogens is 308 g/mol. The second-order valence-electron chi connectivity index (χ2n) is 6.31. The van der Waals surface area contributed by atoms with E-state index in [0.29, 0.717) is 32.1 Å². The van der Waals surface area contributed by atoms with Gasteiger partial charge in [-0.1, -0.05) is 6.07 Å². The number of ether oxygens (including phenoxy) is 2. The Kier molecular flexibility index (Phi) is 4.08. The molecule has 2 aliphatic heterocycles. The predicted molar refractivity (Wildman–Crippen MR) is 85.4 cm³/mol. The standard InChI is InChI=1S/C18H20N2O4/c1-12-5-6-16(24-12)18(21)20-8-17(14-10-22-11-15(14)20)23-9-13-4-2-3-7-19-13/h2-7,14-15,17H,8-11H2,1H3/t14-,15+,17+/m1/s1. The molecule has 0 saturated carbocycles. The molecule has 0 radical (unpaired) electrons. The van der Waals surface area contributed by atoms with Crippen molar-refractivity contribution in [3.05, 3.63) is 53.7 Å². The van der Waals surface area contributed by atoms with Gasteiger partial charge in [-0.3, -0.25) is 9.78 Å². The lowest BCUT2D eigenvalue weighted by Gasteiger charge is -2.21. The molecule has 6 heteroatoms. The van der Waals surface area contributed by atoms with Crippen molar-refractivity contribution in [3.63, 3.8) is 0 Å². The zero-order valence-corrected chi connectivity index (χ0v) is 13.6. The van der Waals surface area contributed by atoms with Gasteiger partial charge in [0, 0.05) is 18.7 Å². The zero-order valence-electron chi connectivity index (χ0n) is 13.6. The Hall–Kier alpha value is -2.18. The van der Waals surface area contributed by atoms with Gasteiger partial charge in [0.1, 0.15) is 5.76 Å². The van der Waals surface area contributed by atoms with Gasteiger partial charge in [0.2, 0.25) is 0 Å². The maximum atomic E-state index is 12.7. The van der Waals surface area contributed by atoms with Crippen LogP contribution in [0.15, 0.2) is 40.9 Å². The lowest BCUT2D eigenvalue weighted by atomic mass is 10.0. The van der Waals surface area contributed by atoms with Crippen LogP contribution < -0.4 is 0 Å². The van der Waals surface area contributed by atoms with E-state index in [4.69, 9.17) is 13.9 Å². The summed E-state index contributed by atoms with van der Waals surface area (Å²) in [6.45, 7) is 4.01. The van der Waals surface area contributed by atoms with Gasteiger partial charge in [0.25, 0.3) is 5.91 Å². The van der Waals surface area contributed by atoms with Gasteiger partial charge < -0.3 is 18.8 Å². The molecule has 0 unspecified atom stereocenters. The van der Waals surface area contributed by atoms with Crippen LogP contribution in [0, 0.1) is 12.8 Å². The van der Waals surface area contributed by atoms with Crippen LogP contribution in [0.1, 0.15) is 22.0 Å². The molecule has 0 spiro atoms. The van der Waals surface area contributed by atoms with Gasteiger partial charge in [-0.15, -0.1) is 0 Å². The average Bonchev–Trinajstić information content (AvgIpc) is 3.30. The third kappa shape index (κ3) is 2.83. The SMILES string of the molecule is Cc1ccc(C(=O)N2C[C@H](OCc3ccccn3)[C@@H]3COC[C@@H]32)o1. The predicted octanol–water partition coefficient (Wildman–Crippen LogP) is 2.04. The number of carbonyl (C=O) groups excluding carboxylic acids is 1. The van der Waals surface area contributed by atoms with Crippen LogP contribution in [-0.4, -0.2) is 47.7 Å². The molecule has 2 saturated heterocycles. The molecule has 24 heavy (non-hydrogen) atoms. The van der Waals surface area contributed by atoms with Crippen LogP contribution in [-0.2, 0) is 16.1 Å². The zero-order chi connectivity index (χ0) is 16.5. The molecule has 0 aliphatic carbocycles. The number of hydrogen-bond acceptors (Lipinski definition) is 5. The van der Waals surface area contributed by atoms with Gasteiger partial charge in [0.15, 0.2) is 5.76 Å². The first-order valence-corrected chi connectivity index (χ1v) is 8.19. The van der Waals surface area contributed by atoms with Gasteiger partial charge in [-0.2, -0.15) is 0 Å². The quantitative estimate of drug-likeness (QED) is 0.859. The highest BCUT2D eigenvalue weighted by Crippen LogP contribution is 2.33. The maximum absolute atomic E-state index is 12.7. The van der Waals surface area contributed by atoms with E-state index in [1.807, 2.05) is 30.0 Å². The molecule has 0 aromatic carbocycles. The molecule has 4 heterocycles. The molecule has 3 atom stereocenters. The van der Waals surface area contributed by atoms with E-state index in [1.165, 1.54) is 0 Å². The highest BCUT2D eigenvalue weighted by atomic mass is 16.5. The van der Waals surface area contributed by atoms with Gasteiger partial charge in [0.05, 0.1) is 37.7 Å². The van der Waals surface area contributed by atoms with E-state index in [0.717, 1.165) is 11.5 Å². The van der Waals surface area contributed by atoms with E-state index < -0.39 is 0 Å². The van der Waals surface area contributed by atoms with Crippen LogP contribution in [0.25, 0.3) is 0 Å². The summed E-state index contributed by atoms with van der Waals surface area (Å²) < 4.78 is 17.1. The van der Waals surface area contributed by atoms with E-state index in [9.17, 15) is 4.79 Å². The molecule has 4 rings (SSSR count). The molecule has 1 amide bonds. The molecular formula is C18H20N2O4. The molecule has 0 bridgehead atoms. The fourth-order valence-electron chi connectivity index (χ4n) is 3.48. The molecule has 0 N–H and O–H groups in total. The minimum Gasteiger partial charge on any atom is -0.456 e. The third-order valence-corrected chi connectivity index (χ3v) is 4.73. The Morgan fingerprint density at radius 3 is 3.00 bits per heavy atom. The first-order chi connectivity index (χ1) is 11.7. The summed E-state index contributed by atoms with van der Waals surface area (Å²) in [5, 5.41) is 0. The maximum Gasteiger partial charge on any atom is 0.289 e. The second-order valence-corrected chi connectivity index (χ2v) is 6.31. The number of aryl methyl sites for hydroxylation is 1. The monoisotopic (exact) mass is 328 g/mol. The highest BCUT2D eigenvalue weighted by molar-refractivity contribution is 5.92. The normalized spacial score (nSPS) is 25.9. The molecule has 6 nitrogen and oxygen atoms in total. The lowest BCUT2D eigenvalue weighted by molar-refractivity contribution is 0.00775. The smallest absolute Gasteiger partial charge is 0.289 e. The molecule has 2 aliphatic rings. The summed E-state index contributed by atoms with van der Waals surface area (Å²) in [6.07, 6.45) is 1.71. The first kappa shape index (κ1) is 15.4. The van der Waals surface area contributed by atoms with Crippen LogP contribution in [0.4, 0.5) is 0 Å². The summed E-state index contributed by atoms with van der Waals surface area (Å²) in [7, 11) is 0. The second kappa shape index (κ2) is 6.37. The van der Waals surface area contributed by atoms with E-state index in [-0.39, 0.29) is 24.0 Å². The van der Waals surface area contributed by atoms with Crippen molar-refractivity contribution in [1.82, 2.24) is 9.88 Å². The number of rotatable bonds is 4. The van der Waals surface area contributed by atoms with Crippen LogP contribution in [0.2, 0.25) is 0 Å². The summed E-state index contributed by atoms with van der Waals surface area (Å²) in [5.41, 5.74) is 0.888. The number of furan rings is 1. The van der Waals surface area contributed by atoms with Crippen molar-refractivity contribution in [2.45, 2.75) is 25.7 Å². The summed E-state index contributed by atoms with van der Waals surface area (Å²) in [4.78, 5) is 18.8. The van der Waals surface area contributed by atoms with Crippen LogP contribution in [0.3, 0.4) is 0 Å². The Balaban J connectivity index is 1.46. The van der Waals surface area contributed by atoms with Crippen molar-refractivity contribution in [1.29, 1.82) is 0 Å². The van der Waals surface area contributed by atoms with Crippen molar-refractivity contribution in [2.75, 3.05) is 19.8 Å². The van der Waals surface area contributed by atoms with Crippen molar-refractivity contribution >= 4 is 5.91 Å². The highest BCUT2D eigenvalue weighted by Gasteiger charge is 2.48. The summed E-state index contributed by atoms with van der Waals surface area (Å²) >= 11 is 0. The van der Waals surface area contributed by atoms with Gasteiger partial charge in [-0.25, -0.2) is 0 Å². The van der Waals surface area contributed by atoms with E-state index in [1.54, 1.807) is 18.3 Å². The minimum absolute atomic E-state index is 0.0421. The number of amides is 1. The summed E-state index contributed by atoms with van der Waals surface area (Å²) in [5.74, 6) is 1.23. The lowest BCUT2D eigenvalue weighted by Crippen LogP contribution is -2.38. The largest absolute Gasteiger partial charge is 0.456 e. The Labute approximate surface area is 140 Å². The minimum atomic E-state index is -0.0902. The fraction of sp³-hybridized carbons (Fsp3) is 0.444. The number of likely N-dealkylation sites (tertiary alicyclic amines) is 1. The molecule has 2 fully saturated rings. The average molecular weight is 328 g/mol. The Morgan fingerprint density at radius 2 is 2.25 bits per heavy atom. The number of aromatic nitrogens is 1. The fourth-order valence-corrected chi connectivity index (χ4v) is 3.48. The van der Waals surface area contributed by atoms with Crippen LogP contribution >= 0.6 is 0 Å². The molecule has 126 valence electrons. The van der Waals surface area contributed by atoms with Gasteiger partial charge >= 0.3 is 0 Å². The van der Waals surface area contributed by atoms with E-state index >= 15 is 0 Å². The Bertz CT molecular complexity index is 715. The topological polar surface area (TPSA) is 64.8 Å². The van der Waals surface area contributed by atoms with Crippen molar-refractivity contribution < 1.29 is 18.7 Å². The van der Waals surface area contributed by atoms with Crippen LogP contribution in [0.5, 0.6) is 0 Å². The number of carbonyl (C=O) groups is 1. The van der Waals surface area contributed by atoms with E-state index in [2.05, 4.69) is 4.98 Å². The Morgan fingerprint density at radius 1 is 1.33 bits per heavy atom. The number of pyridine rings is 1. The number of hydrogen-bond donors (Lipinski definition) is 0.